The standard InChI is InChI=1S/C27H32N2O4S/c1-5-26(25-17-12-20(3)18-21(25)4)28-27(30)19-29(22-13-15-23(16-14-22)33-6-2)34(31,32)24-10-8-7-9-11-24/h7-18,26H,5-6,19H2,1-4H3,(H,28,30). The third-order valence-corrected chi connectivity index (χ3v) is 7.39. The zero-order valence-corrected chi connectivity index (χ0v) is 20.9. The monoisotopic (exact) mass is 480 g/mol. The van der Waals surface area contributed by atoms with Crippen LogP contribution in [0.3, 0.4) is 0 Å². The summed E-state index contributed by atoms with van der Waals surface area (Å²) in [7, 11) is -3.96. The van der Waals surface area contributed by atoms with Gasteiger partial charge in [-0.3, -0.25) is 9.10 Å². The lowest BCUT2D eigenvalue weighted by molar-refractivity contribution is -0.120. The number of benzene rings is 3. The summed E-state index contributed by atoms with van der Waals surface area (Å²) in [5.74, 6) is 0.258. The number of rotatable bonds is 10. The average molecular weight is 481 g/mol. The van der Waals surface area contributed by atoms with Crippen molar-refractivity contribution in [3.05, 3.63) is 89.5 Å². The summed E-state index contributed by atoms with van der Waals surface area (Å²) >= 11 is 0. The Kier molecular flexibility index (Phi) is 8.34. The maximum absolute atomic E-state index is 13.5. The zero-order valence-electron chi connectivity index (χ0n) is 20.1. The minimum absolute atomic E-state index is 0.123. The molecule has 0 fully saturated rings. The van der Waals surface area contributed by atoms with Crippen molar-refractivity contribution in [3.8, 4) is 5.75 Å². The molecule has 6 nitrogen and oxygen atoms in total. The molecule has 0 radical (unpaired) electrons. The molecule has 3 aromatic carbocycles. The maximum Gasteiger partial charge on any atom is 0.264 e. The first-order valence-electron chi connectivity index (χ1n) is 11.4. The van der Waals surface area contributed by atoms with Gasteiger partial charge in [-0.05, 0) is 74.7 Å². The van der Waals surface area contributed by atoms with Gasteiger partial charge in [0.25, 0.3) is 10.0 Å². The Bertz CT molecular complexity index is 1210. The van der Waals surface area contributed by atoms with Crippen molar-refractivity contribution in [2.24, 2.45) is 0 Å². The Morgan fingerprint density at radius 2 is 1.65 bits per heavy atom. The molecule has 0 aromatic heterocycles. The van der Waals surface area contributed by atoms with Crippen molar-refractivity contribution in [2.45, 2.75) is 45.1 Å². The van der Waals surface area contributed by atoms with Crippen LogP contribution in [0.2, 0.25) is 0 Å². The van der Waals surface area contributed by atoms with Crippen LogP contribution < -0.4 is 14.4 Å². The molecule has 180 valence electrons. The van der Waals surface area contributed by atoms with E-state index in [0.29, 0.717) is 24.5 Å². The van der Waals surface area contributed by atoms with E-state index in [9.17, 15) is 13.2 Å². The van der Waals surface area contributed by atoms with Crippen molar-refractivity contribution in [2.75, 3.05) is 17.5 Å². The summed E-state index contributed by atoms with van der Waals surface area (Å²) < 4.78 is 33.6. The molecule has 7 heteroatoms. The van der Waals surface area contributed by atoms with Gasteiger partial charge in [0.1, 0.15) is 12.3 Å². The Morgan fingerprint density at radius 3 is 2.24 bits per heavy atom. The molecule has 0 heterocycles. The van der Waals surface area contributed by atoms with Gasteiger partial charge in [0, 0.05) is 0 Å². The molecule has 0 bridgehead atoms. The molecule has 1 unspecified atom stereocenters. The van der Waals surface area contributed by atoms with Gasteiger partial charge in [-0.1, -0.05) is 48.9 Å². The van der Waals surface area contributed by atoms with Crippen LogP contribution in [0.15, 0.2) is 77.7 Å². The lowest BCUT2D eigenvalue weighted by atomic mass is 9.97. The number of hydrogen-bond acceptors (Lipinski definition) is 4. The van der Waals surface area contributed by atoms with Crippen LogP contribution in [0.25, 0.3) is 0 Å². The fraction of sp³-hybridized carbons (Fsp3) is 0.296. The highest BCUT2D eigenvalue weighted by molar-refractivity contribution is 7.92. The number of aryl methyl sites for hydroxylation is 2. The van der Waals surface area contributed by atoms with Gasteiger partial charge in [-0.25, -0.2) is 8.42 Å². The molecule has 3 aromatic rings. The topological polar surface area (TPSA) is 75.7 Å². The SMILES string of the molecule is CCOc1ccc(N(CC(=O)NC(CC)c2ccc(C)cc2C)S(=O)(=O)c2ccccc2)cc1. The van der Waals surface area contributed by atoms with Crippen LogP contribution in [-0.2, 0) is 14.8 Å². The highest BCUT2D eigenvalue weighted by Gasteiger charge is 2.28. The first kappa shape index (κ1) is 25.3. The highest BCUT2D eigenvalue weighted by atomic mass is 32.2. The molecule has 34 heavy (non-hydrogen) atoms. The van der Waals surface area contributed by atoms with E-state index in [-0.39, 0.29) is 23.4 Å². The summed E-state index contributed by atoms with van der Waals surface area (Å²) in [6.45, 7) is 8.08. The normalized spacial score (nSPS) is 12.1. The molecule has 0 saturated heterocycles. The van der Waals surface area contributed by atoms with E-state index in [1.54, 1.807) is 42.5 Å². The number of carbonyl (C=O) groups is 1. The Labute approximate surface area is 202 Å². The van der Waals surface area contributed by atoms with Crippen LogP contribution in [0, 0.1) is 13.8 Å². The second-order valence-corrected chi connectivity index (χ2v) is 10.0. The molecule has 0 saturated carbocycles. The number of anilines is 1. The summed E-state index contributed by atoms with van der Waals surface area (Å²) in [5, 5.41) is 3.03. The molecular weight excluding hydrogens is 448 g/mol. The second-order valence-electron chi connectivity index (χ2n) is 8.14. The van der Waals surface area contributed by atoms with Crippen molar-refractivity contribution >= 4 is 21.6 Å². The van der Waals surface area contributed by atoms with E-state index in [2.05, 4.69) is 11.4 Å². The van der Waals surface area contributed by atoms with E-state index in [1.165, 1.54) is 12.1 Å². The van der Waals surface area contributed by atoms with Crippen LogP contribution in [0.1, 0.15) is 43.0 Å². The van der Waals surface area contributed by atoms with Crippen molar-refractivity contribution in [3.63, 3.8) is 0 Å². The van der Waals surface area contributed by atoms with Gasteiger partial charge in [0.05, 0.1) is 23.2 Å². The summed E-state index contributed by atoms with van der Waals surface area (Å²) in [5.41, 5.74) is 3.66. The summed E-state index contributed by atoms with van der Waals surface area (Å²) in [4.78, 5) is 13.3. The first-order valence-corrected chi connectivity index (χ1v) is 12.9. The van der Waals surface area contributed by atoms with Gasteiger partial charge in [0.2, 0.25) is 5.91 Å². The lowest BCUT2D eigenvalue weighted by Crippen LogP contribution is -2.42. The quantitative estimate of drug-likeness (QED) is 0.435. The number of amides is 1. The second kappa shape index (κ2) is 11.2. The van der Waals surface area contributed by atoms with Crippen molar-refractivity contribution in [1.29, 1.82) is 0 Å². The first-order chi connectivity index (χ1) is 16.3. The van der Waals surface area contributed by atoms with Crippen LogP contribution >= 0.6 is 0 Å². The fourth-order valence-electron chi connectivity index (χ4n) is 3.90. The molecule has 0 aliphatic heterocycles. The van der Waals surface area contributed by atoms with Gasteiger partial charge >= 0.3 is 0 Å². The van der Waals surface area contributed by atoms with E-state index in [1.807, 2.05) is 39.8 Å². The Morgan fingerprint density at radius 1 is 0.971 bits per heavy atom. The maximum atomic E-state index is 13.5. The summed E-state index contributed by atoms with van der Waals surface area (Å²) in [6.07, 6.45) is 0.685. The molecule has 0 aliphatic rings. The molecule has 0 aliphatic carbocycles. The molecule has 3 rings (SSSR count). The lowest BCUT2D eigenvalue weighted by Gasteiger charge is -2.26. The minimum atomic E-state index is -3.96. The van der Waals surface area contributed by atoms with Gasteiger partial charge in [-0.15, -0.1) is 0 Å². The molecule has 1 N–H and O–H groups in total. The van der Waals surface area contributed by atoms with Gasteiger partial charge < -0.3 is 10.1 Å². The molecule has 1 amide bonds. The van der Waals surface area contributed by atoms with Crippen molar-refractivity contribution in [1.82, 2.24) is 5.32 Å². The van der Waals surface area contributed by atoms with Crippen molar-refractivity contribution < 1.29 is 17.9 Å². The average Bonchev–Trinajstić information content (AvgIpc) is 2.83. The fourth-order valence-corrected chi connectivity index (χ4v) is 5.34. The smallest absolute Gasteiger partial charge is 0.264 e. The Hall–Kier alpha value is -3.32. The molecule has 0 spiro atoms. The van der Waals surface area contributed by atoms with Crippen LogP contribution in [0.5, 0.6) is 5.75 Å². The van der Waals surface area contributed by atoms with Gasteiger partial charge in [0.15, 0.2) is 0 Å². The molecule has 1 atom stereocenters. The van der Waals surface area contributed by atoms with Crippen LogP contribution in [0.4, 0.5) is 5.69 Å². The number of sulfonamides is 1. The predicted molar refractivity (Wildman–Crippen MR) is 136 cm³/mol. The van der Waals surface area contributed by atoms with Gasteiger partial charge in [-0.2, -0.15) is 0 Å². The third-order valence-electron chi connectivity index (χ3n) is 5.60. The highest BCUT2D eigenvalue weighted by Crippen LogP contribution is 2.27. The largest absolute Gasteiger partial charge is 0.494 e. The number of nitrogens with zero attached hydrogens (tertiary/aromatic N) is 1. The van der Waals surface area contributed by atoms with E-state index in [4.69, 9.17) is 4.74 Å². The van der Waals surface area contributed by atoms with Crippen LogP contribution in [-0.4, -0.2) is 27.5 Å². The van der Waals surface area contributed by atoms with E-state index >= 15 is 0 Å². The summed E-state index contributed by atoms with van der Waals surface area (Å²) in [6, 6.07) is 20.7. The number of carbonyl (C=O) groups excluding carboxylic acids is 1. The number of hydrogen-bond donors (Lipinski definition) is 1. The van der Waals surface area contributed by atoms with E-state index < -0.39 is 10.0 Å². The zero-order chi connectivity index (χ0) is 24.7. The molecular formula is C27H32N2O4S. The third kappa shape index (κ3) is 5.97. The predicted octanol–water partition coefficient (Wildman–Crippen LogP) is 5.16. The Balaban J connectivity index is 1.90. The van der Waals surface area contributed by atoms with E-state index in [0.717, 1.165) is 21.0 Å². The number of ether oxygens (including phenoxy) is 1. The minimum Gasteiger partial charge on any atom is -0.494 e. The number of nitrogens with one attached hydrogen (secondary N) is 1.